The van der Waals surface area contributed by atoms with Crippen molar-refractivity contribution < 1.29 is 82.7 Å². The molecule has 0 aliphatic heterocycles. The summed E-state index contributed by atoms with van der Waals surface area (Å²) in [5.74, 6) is -1.19. The summed E-state index contributed by atoms with van der Waals surface area (Å²) < 4.78 is 0. The molecule has 0 aromatic heterocycles. The Morgan fingerprint density at radius 3 is 1.55 bits per heavy atom. The molecule has 1 atom stereocenters. The average molecular weight is 243 g/mol. The molecule has 11 heavy (non-hydrogen) atoms. The molecule has 0 saturated heterocycles. The minimum absolute atomic E-state index is 0. The van der Waals surface area contributed by atoms with Gasteiger partial charge in [0, 0.05) is 0 Å². The maximum absolute atomic E-state index is 9.45. The van der Waals surface area contributed by atoms with Gasteiger partial charge in [-0.1, -0.05) is 0 Å². The molecule has 0 radical (unpaired) electrons. The van der Waals surface area contributed by atoms with Gasteiger partial charge in [-0.15, -0.1) is 12.4 Å². The monoisotopic (exact) mass is 242 g/mol. The molecule has 3 nitrogen and oxygen atoms in total. The minimum Gasteiger partial charge on any atom is -1.00 e. The van der Waals surface area contributed by atoms with Crippen molar-refractivity contribution in [2.24, 2.45) is 0 Å². The molecule has 0 fully saturated rings. The van der Waals surface area contributed by atoms with Crippen LogP contribution in [0.2, 0.25) is 0 Å². The SMILES string of the molecule is CC(O)C(=O)O.Cl.[Ca+2].[H-].[H-].[H-].[H-].[H-].[H-].[Mg+2].[Na+].[Na+]. The van der Waals surface area contributed by atoms with Gasteiger partial charge in [0.1, 0.15) is 6.10 Å². The Morgan fingerprint density at radius 1 is 1.45 bits per heavy atom. The van der Waals surface area contributed by atoms with Crippen LogP contribution < -0.4 is 59.1 Å². The number of hydrogen-bond donors (Lipinski definition) is 2. The molecule has 2 N–H and O–H groups in total. The van der Waals surface area contributed by atoms with Crippen molar-refractivity contribution in [3.63, 3.8) is 0 Å². The van der Waals surface area contributed by atoms with Crippen LogP contribution >= 0.6 is 12.4 Å². The van der Waals surface area contributed by atoms with Crippen molar-refractivity contribution in [1.29, 1.82) is 0 Å². The summed E-state index contributed by atoms with van der Waals surface area (Å²) in [5, 5.41) is 15.8. The quantitative estimate of drug-likeness (QED) is 0.450. The van der Waals surface area contributed by atoms with Crippen molar-refractivity contribution in [2.45, 2.75) is 13.0 Å². The molecule has 0 aliphatic carbocycles. The Morgan fingerprint density at radius 2 is 1.55 bits per heavy atom. The molecule has 0 aromatic rings. The minimum atomic E-state index is -1.23. The van der Waals surface area contributed by atoms with Crippen LogP contribution in [0.3, 0.4) is 0 Å². The van der Waals surface area contributed by atoms with E-state index in [4.69, 9.17) is 10.2 Å². The van der Waals surface area contributed by atoms with Gasteiger partial charge in [0.2, 0.25) is 0 Å². The maximum atomic E-state index is 9.45. The molecule has 56 valence electrons. The fourth-order valence-electron chi connectivity index (χ4n) is 0. The van der Waals surface area contributed by atoms with Gasteiger partial charge < -0.3 is 18.8 Å². The summed E-state index contributed by atoms with van der Waals surface area (Å²) in [6, 6.07) is 0. The van der Waals surface area contributed by atoms with Gasteiger partial charge in [-0.2, -0.15) is 0 Å². The Bertz CT molecular complexity index is 93.5. The first-order valence-electron chi connectivity index (χ1n) is 1.55. The van der Waals surface area contributed by atoms with Crippen molar-refractivity contribution >= 4 is 79.2 Å². The summed E-state index contributed by atoms with van der Waals surface area (Å²) in [4.78, 5) is 9.45. The van der Waals surface area contributed by atoms with Crippen LogP contribution in [0, 0.1) is 0 Å². The number of hydrogen-bond acceptors (Lipinski definition) is 2. The predicted molar refractivity (Wildman–Crippen MR) is 44.7 cm³/mol. The zero-order valence-corrected chi connectivity index (χ0v) is 15.6. The van der Waals surface area contributed by atoms with Crippen LogP contribution in [-0.4, -0.2) is 83.1 Å². The van der Waals surface area contributed by atoms with Gasteiger partial charge in [0.25, 0.3) is 0 Å². The van der Waals surface area contributed by atoms with Gasteiger partial charge >= 0.3 is 126 Å². The van der Waals surface area contributed by atoms with Gasteiger partial charge in [-0.3, -0.25) is 0 Å². The van der Waals surface area contributed by atoms with E-state index in [2.05, 4.69) is 0 Å². The normalized spacial score (nSPS) is 7.45. The second kappa shape index (κ2) is 23.5. The van der Waals surface area contributed by atoms with E-state index in [9.17, 15) is 4.79 Å². The summed E-state index contributed by atoms with van der Waals surface area (Å²) in [7, 11) is 0. The standard InChI is InChI=1S/C3H6O3.Ca.ClH.Mg.2Na.6H/c1-2(4)3(5)6;;;;;;;;;;;/h2,4H,1H3,(H,5,6);;1H;;;;;;;;;/q;+2;;+2;2*+1;6*-1. The van der Waals surface area contributed by atoms with E-state index < -0.39 is 12.1 Å². The number of rotatable bonds is 1. The van der Waals surface area contributed by atoms with E-state index in [1.165, 1.54) is 6.92 Å². The van der Waals surface area contributed by atoms with Crippen LogP contribution in [0.1, 0.15) is 15.5 Å². The number of carboxylic acids is 1. The van der Waals surface area contributed by atoms with E-state index >= 15 is 0 Å². The first-order valence-corrected chi connectivity index (χ1v) is 1.55. The van der Waals surface area contributed by atoms with E-state index in [1.807, 2.05) is 0 Å². The van der Waals surface area contributed by atoms with E-state index in [-0.39, 0.29) is 141 Å². The summed E-state index contributed by atoms with van der Waals surface area (Å²) in [5.41, 5.74) is 0. The maximum Gasteiger partial charge on any atom is 2.00 e. The first kappa shape index (κ1) is 36.4. The summed E-state index contributed by atoms with van der Waals surface area (Å²) in [6.07, 6.45) is -1.23. The molecule has 0 spiro atoms. The van der Waals surface area contributed by atoms with Crippen molar-refractivity contribution in [2.75, 3.05) is 0 Å². The summed E-state index contributed by atoms with van der Waals surface area (Å²) >= 11 is 0. The average Bonchev–Trinajstić information content (AvgIpc) is 1.36. The third kappa shape index (κ3) is 31.6. The Hall–Kier alpha value is 3.75. The fraction of sp³-hybridized carbons (Fsp3) is 0.667. The van der Waals surface area contributed by atoms with Crippen LogP contribution in [0.5, 0.6) is 0 Å². The molecule has 0 aromatic carbocycles. The van der Waals surface area contributed by atoms with Gasteiger partial charge in [-0.05, 0) is 6.92 Å². The molecule has 0 amide bonds. The molecule has 0 rings (SSSR count). The number of aliphatic hydroxyl groups excluding tert-OH is 1. The molecule has 0 heterocycles. The molecule has 0 bridgehead atoms. The van der Waals surface area contributed by atoms with Crippen LogP contribution in [0.4, 0.5) is 0 Å². The predicted octanol–water partition coefficient (Wildman–Crippen LogP) is -6.20. The van der Waals surface area contributed by atoms with Crippen LogP contribution in [0.15, 0.2) is 0 Å². The molecule has 1 unspecified atom stereocenters. The van der Waals surface area contributed by atoms with E-state index in [0.717, 1.165) is 0 Å². The van der Waals surface area contributed by atoms with E-state index in [0.29, 0.717) is 0 Å². The zero-order chi connectivity index (χ0) is 5.15. The molecular weight excluding hydrogens is 230 g/mol. The smallest absolute Gasteiger partial charge is 1.00 e. The van der Waals surface area contributed by atoms with Gasteiger partial charge in [-0.25, -0.2) is 4.79 Å². The van der Waals surface area contributed by atoms with Crippen LogP contribution in [-0.2, 0) is 4.79 Å². The molecule has 8 heteroatoms. The number of carbonyl (C=O) groups is 1. The largest absolute Gasteiger partial charge is 2.00 e. The molecule has 0 saturated carbocycles. The van der Waals surface area contributed by atoms with Crippen molar-refractivity contribution in [1.82, 2.24) is 0 Å². The third-order valence-corrected chi connectivity index (χ3v) is 0.357. The second-order valence-electron chi connectivity index (χ2n) is 1.01. The fourth-order valence-corrected chi connectivity index (χ4v) is 0. The molecular formula is C3H13CaClMgNa2O3. The topological polar surface area (TPSA) is 57.5 Å². The number of carboxylic acid groups (broad SMARTS) is 1. The zero-order valence-electron chi connectivity index (χ0n) is 13.2. The van der Waals surface area contributed by atoms with Gasteiger partial charge in [0.15, 0.2) is 0 Å². The number of halogens is 1. The van der Waals surface area contributed by atoms with Gasteiger partial charge in [0.05, 0.1) is 0 Å². The Labute approximate surface area is 171 Å². The van der Waals surface area contributed by atoms with Crippen molar-refractivity contribution in [3.05, 3.63) is 0 Å². The van der Waals surface area contributed by atoms with Crippen LogP contribution in [0.25, 0.3) is 0 Å². The van der Waals surface area contributed by atoms with E-state index in [1.54, 1.807) is 0 Å². The number of aliphatic hydroxyl groups is 1. The first-order chi connectivity index (χ1) is 2.64. The second-order valence-corrected chi connectivity index (χ2v) is 1.01. The Kier molecular flexibility index (Phi) is 77.9. The Balaban J connectivity index is -0.00000000227. The third-order valence-electron chi connectivity index (χ3n) is 0.357. The van der Waals surface area contributed by atoms with Crippen molar-refractivity contribution in [3.8, 4) is 0 Å². The summed E-state index contributed by atoms with van der Waals surface area (Å²) in [6.45, 7) is 1.20. The number of aliphatic carboxylic acids is 1. The molecule has 0 aliphatic rings.